The van der Waals surface area contributed by atoms with Crippen LogP contribution in [-0.2, 0) is 0 Å². The van der Waals surface area contributed by atoms with Gasteiger partial charge >= 0.3 is 0 Å². The van der Waals surface area contributed by atoms with Gasteiger partial charge in [0, 0.05) is 5.38 Å². The molecule has 1 saturated carbocycles. The molecule has 1 aliphatic carbocycles. The van der Waals surface area contributed by atoms with E-state index in [0.29, 0.717) is 16.9 Å². The van der Waals surface area contributed by atoms with E-state index in [-0.39, 0.29) is 11.5 Å². The van der Waals surface area contributed by atoms with Crippen molar-refractivity contribution in [2.75, 3.05) is 0 Å². The molecule has 1 heterocycles. The van der Waals surface area contributed by atoms with Crippen molar-refractivity contribution in [3.05, 3.63) is 15.8 Å². The predicted octanol–water partition coefficient (Wildman–Crippen LogP) is 4.98. The average Bonchev–Trinajstić information content (AvgIpc) is 2.70. The summed E-state index contributed by atoms with van der Waals surface area (Å²) < 4.78 is 0. The fourth-order valence-corrected chi connectivity index (χ4v) is 4.30. The normalized spacial score (nSPS) is 24.4. The first-order valence-electron chi connectivity index (χ1n) is 7.12. The highest BCUT2D eigenvalue weighted by atomic mass is 32.1. The molecule has 1 aromatic rings. The first kappa shape index (κ1) is 14.6. The van der Waals surface area contributed by atoms with E-state index in [1.165, 1.54) is 19.8 Å². The summed E-state index contributed by atoms with van der Waals surface area (Å²) in [6, 6.07) is 0. The second-order valence-corrected chi connectivity index (χ2v) is 7.74. The van der Waals surface area contributed by atoms with Gasteiger partial charge < -0.3 is 5.11 Å². The highest BCUT2D eigenvalue weighted by Gasteiger charge is 2.32. The van der Waals surface area contributed by atoms with E-state index < -0.39 is 0 Å². The number of thiophene rings is 1. The number of Topliss-reactive ketones (excluding diaryl/α,β-unsaturated/α-hetero) is 1. The van der Waals surface area contributed by atoms with E-state index in [4.69, 9.17) is 0 Å². The highest BCUT2D eigenvalue weighted by molar-refractivity contribution is 7.10. The number of aromatic hydroxyl groups is 1. The van der Waals surface area contributed by atoms with Crippen molar-refractivity contribution in [3.63, 3.8) is 0 Å². The van der Waals surface area contributed by atoms with Crippen molar-refractivity contribution >= 4 is 17.1 Å². The molecule has 1 fully saturated rings. The Balaban J connectivity index is 2.08. The maximum Gasteiger partial charge on any atom is 0.164 e. The summed E-state index contributed by atoms with van der Waals surface area (Å²) in [6.45, 7) is 8.46. The molecule has 2 nitrogen and oxygen atoms in total. The van der Waals surface area contributed by atoms with E-state index in [1.807, 2.05) is 5.38 Å². The van der Waals surface area contributed by atoms with Crippen molar-refractivity contribution in [1.82, 2.24) is 0 Å². The minimum atomic E-state index is -0.0385. The molecule has 1 aromatic heterocycles. The van der Waals surface area contributed by atoms with E-state index in [9.17, 15) is 9.90 Å². The summed E-state index contributed by atoms with van der Waals surface area (Å²) in [5, 5.41) is 12.0. The Kier molecular flexibility index (Phi) is 4.05. The van der Waals surface area contributed by atoms with Crippen LogP contribution in [0.15, 0.2) is 5.38 Å². The van der Waals surface area contributed by atoms with Crippen molar-refractivity contribution in [3.8, 4) is 5.75 Å². The maximum absolute atomic E-state index is 11.4. The van der Waals surface area contributed by atoms with Crippen LogP contribution in [0, 0.1) is 11.3 Å². The van der Waals surface area contributed by atoms with Crippen LogP contribution in [0.1, 0.15) is 74.5 Å². The van der Waals surface area contributed by atoms with Crippen LogP contribution in [0.5, 0.6) is 5.75 Å². The van der Waals surface area contributed by atoms with Crippen LogP contribution < -0.4 is 0 Å². The molecule has 0 unspecified atom stereocenters. The van der Waals surface area contributed by atoms with Gasteiger partial charge in [0.05, 0.1) is 10.4 Å². The number of hydrogen-bond donors (Lipinski definition) is 1. The standard InChI is InChI=1S/C16H24O2S/c1-10(17)13-9-19-15(14(13)18)11-5-7-12(8-6-11)16(2,3)4/h9,11-12,18H,5-8H2,1-4H3. The first-order chi connectivity index (χ1) is 8.80. The molecule has 0 saturated heterocycles. The summed E-state index contributed by atoms with van der Waals surface area (Å²) in [5.74, 6) is 1.43. The second-order valence-electron chi connectivity index (χ2n) is 6.83. The summed E-state index contributed by atoms with van der Waals surface area (Å²) in [4.78, 5) is 12.4. The Morgan fingerprint density at radius 3 is 2.26 bits per heavy atom. The molecule has 0 radical (unpaired) electrons. The number of carbonyl (C=O) groups is 1. The summed E-state index contributed by atoms with van der Waals surface area (Å²) in [5.41, 5.74) is 0.880. The Morgan fingerprint density at radius 2 is 1.84 bits per heavy atom. The fourth-order valence-electron chi connectivity index (χ4n) is 3.13. The van der Waals surface area contributed by atoms with E-state index in [1.54, 1.807) is 11.3 Å². The van der Waals surface area contributed by atoms with Crippen molar-refractivity contribution in [1.29, 1.82) is 0 Å². The topological polar surface area (TPSA) is 37.3 Å². The molecule has 3 heteroatoms. The van der Waals surface area contributed by atoms with Crippen LogP contribution in [0.4, 0.5) is 0 Å². The molecule has 0 spiro atoms. The molecule has 2 rings (SSSR count). The minimum Gasteiger partial charge on any atom is -0.506 e. The Morgan fingerprint density at radius 1 is 1.26 bits per heavy atom. The minimum absolute atomic E-state index is 0.0385. The molecule has 0 aromatic carbocycles. The second kappa shape index (κ2) is 5.28. The zero-order valence-electron chi connectivity index (χ0n) is 12.3. The first-order valence-corrected chi connectivity index (χ1v) is 8.00. The van der Waals surface area contributed by atoms with E-state index in [0.717, 1.165) is 23.6 Å². The van der Waals surface area contributed by atoms with E-state index in [2.05, 4.69) is 20.8 Å². The third-order valence-electron chi connectivity index (χ3n) is 4.49. The molecule has 0 aliphatic heterocycles. The summed E-state index contributed by atoms with van der Waals surface area (Å²) in [6.07, 6.45) is 4.71. The molecule has 19 heavy (non-hydrogen) atoms. The molecule has 0 bridgehead atoms. The summed E-state index contributed by atoms with van der Waals surface area (Å²) in [7, 11) is 0. The van der Waals surface area contributed by atoms with E-state index >= 15 is 0 Å². The van der Waals surface area contributed by atoms with Crippen LogP contribution >= 0.6 is 11.3 Å². The average molecular weight is 280 g/mol. The third-order valence-corrected chi connectivity index (χ3v) is 5.63. The van der Waals surface area contributed by atoms with Gasteiger partial charge in [0.1, 0.15) is 5.75 Å². The van der Waals surface area contributed by atoms with Gasteiger partial charge in [-0.2, -0.15) is 0 Å². The zero-order valence-corrected chi connectivity index (χ0v) is 13.1. The van der Waals surface area contributed by atoms with Gasteiger partial charge in [-0.3, -0.25) is 4.79 Å². The van der Waals surface area contributed by atoms with Crippen molar-refractivity contribution in [2.24, 2.45) is 11.3 Å². The lowest BCUT2D eigenvalue weighted by Crippen LogP contribution is -2.25. The van der Waals surface area contributed by atoms with Gasteiger partial charge in [-0.1, -0.05) is 20.8 Å². The molecule has 1 N–H and O–H groups in total. The van der Waals surface area contributed by atoms with Gasteiger partial charge in [-0.05, 0) is 49.9 Å². The number of rotatable bonds is 2. The van der Waals surface area contributed by atoms with Crippen molar-refractivity contribution in [2.45, 2.75) is 59.3 Å². The number of carbonyl (C=O) groups excluding carboxylic acids is 1. The van der Waals surface area contributed by atoms with Crippen LogP contribution in [0.25, 0.3) is 0 Å². The smallest absolute Gasteiger partial charge is 0.164 e. The Labute approximate surface area is 119 Å². The summed E-state index contributed by atoms with van der Waals surface area (Å²) >= 11 is 1.55. The quantitative estimate of drug-likeness (QED) is 0.776. The largest absolute Gasteiger partial charge is 0.506 e. The fraction of sp³-hybridized carbons (Fsp3) is 0.688. The van der Waals surface area contributed by atoms with Crippen LogP contribution in [0.3, 0.4) is 0 Å². The molecule has 0 atom stereocenters. The van der Waals surface area contributed by atoms with Crippen LogP contribution in [-0.4, -0.2) is 10.9 Å². The van der Waals surface area contributed by atoms with Crippen LogP contribution in [0.2, 0.25) is 0 Å². The monoisotopic (exact) mass is 280 g/mol. The molecular formula is C16H24O2S. The van der Waals surface area contributed by atoms with Gasteiger partial charge in [0.2, 0.25) is 0 Å². The Bertz CT molecular complexity index is 460. The highest BCUT2D eigenvalue weighted by Crippen LogP contribution is 2.47. The lowest BCUT2D eigenvalue weighted by atomic mass is 9.69. The van der Waals surface area contributed by atoms with Crippen molar-refractivity contribution < 1.29 is 9.90 Å². The SMILES string of the molecule is CC(=O)c1csc(C2CCC(C(C)(C)C)CC2)c1O. The van der Waals surface area contributed by atoms with Gasteiger partial charge in [0.15, 0.2) is 5.78 Å². The van der Waals surface area contributed by atoms with Gasteiger partial charge in [-0.25, -0.2) is 0 Å². The number of hydrogen-bond acceptors (Lipinski definition) is 3. The lowest BCUT2D eigenvalue weighted by Gasteiger charge is -2.36. The number of ketones is 1. The van der Waals surface area contributed by atoms with Gasteiger partial charge in [-0.15, -0.1) is 11.3 Å². The lowest BCUT2D eigenvalue weighted by molar-refractivity contribution is 0.101. The van der Waals surface area contributed by atoms with Gasteiger partial charge in [0.25, 0.3) is 0 Å². The molecule has 0 amide bonds. The maximum atomic E-state index is 11.4. The third kappa shape index (κ3) is 3.02. The molecule has 1 aliphatic rings. The molecule has 106 valence electrons. The predicted molar refractivity (Wildman–Crippen MR) is 80.1 cm³/mol. The molecular weight excluding hydrogens is 256 g/mol. The zero-order chi connectivity index (χ0) is 14.2. The Hall–Kier alpha value is -0.830.